The molecule has 25 heavy (non-hydrogen) atoms. The highest BCUT2D eigenvalue weighted by atomic mass is 16.5. The molecule has 1 aromatic carbocycles. The van der Waals surface area contributed by atoms with Gasteiger partial charge in [0.1, 0.15) is 11.6 Å². The fourth-order valence-electron chi connectivity index (χ4n) is 3.35. The van der Waals surface area contributed by atoms with Crippen LogP contribution in [-0.4, -0.2) is 33.1 Å². The van der Waals surface area contributed by atoms with E-state index in [0.717, 1.165) is 42.9 Å². The minimum Gasteiger partial charge on any atom is -0.497 e. The van der Waals surface area contributed by atoms with E-state index in [1.807, 2.05) is 41.1 Å². The first-order valence-corrected chi connectivity index (χ1v) is 8.58. The fourth-order valence-corrected chi connectivity index (χ4v) is 3.35. The lowest BCUT2D eigenvalue weighted by molar-refractivity contribution is 0.121. The van der Waals surface area contributed by atoms with Gasteiger partial charge in [-0.3, -0.25) is 0 Å². The number of aliphatic hydroxyl groups excluding tert-OH is 1. The van der Waals surface area contributed by atoms with E-state index in [4.69, 9.17) is 14.1 Å². The van der Waals surface area contributed by atoms with Crippen LogP contribution in [0.3, 0.4) is 0 Å². The molecule has 0 atom stereocenters. The van der Waals surface area contributed by atoms with Crippen LogP contribution in [0.2, 0.25) is 0 Å². The first kappa shape index (κ1) is 15.9. The molecular weight excluding hydrogens is 318 g/mol. The number of furan rings is 1. The van der Waals surface area contributed by atoms with Gasteiger partial charge < -0.3 is 14.3 Å². The highest BCUT2D eigenvalue weighted by Gasteiger charge is 2.27. The van der Waals surface area contributed by atoms with E-state index < -0.39 is 0 Å². The van der Waals surface area contributed by atoms with Gasteiger partial charge in [-0.15, -0.1) is 5.10 Å². The first-order valence-electron chi connectivity index (χ1n) is 8.58. The van der Waals surface area contributed by atoms with Crippen molar-refractivity contribution in [2.45, 2.75) is 37.7 Å². The van der Waals surface area contributed by atoms with E-state index in [0.29, 0.717) is 11.6 Å². The molecule has 0 saturated heterocycles. The largest absolute Gasteiger partial charge is 0.497 e. The summed E-state index contributed by atoms with van der Waals surface area (Å²) in [6.07, 6.45) is 4.85. The zero-order chi connectivity index (χ0) is 17.2. The van der Waals surface area contributed by atoms with E-state index in [1.165, 1.54) is 0 Å². The quantitative estimate of drug-likeness (QED) is 0.787. The molecule has 130 valence electrons. The van der Waals surface area contributed by atoms with Crippen LogP contribution in [0.1, 0.15) is 37.4 Å². The van der Waals surface area contributed by atoms with Gasteiger partial charge in [-0.1, -0.05) is 0 Å². The number of hydrogen-bond donors (Lipinski definition) is 1. The van der Waals surface area contributed by atoms with Gasteiger partial charge in [0, 0.05) is 5.92 Å². The normalized spacial score (nSPS) is 20.6. The van der Waals surface area contributed by atoms with Gasteiger partial charge in [-0.2, -0.15) is 0 Å². The monoisotopic (exact) mass is 339 g/mol. The van der Waals surface area contributed by atoms with Gasteiger partial charge in [0.25, 0.3) is 0 Å². The molecule has 2 heterocycles. The molecule has 1 aliphatic rings. The summed E-state index contributed by atoms with van der Waals surface area (Å²) < 4.78 is 12.6. The summed E-state index contributed by atoms with van der Waals surface area (Å²) in [5, 5.41) is 14.5. The van der Waals surface area contributed by atoms with E-state index in [1.54, 1.807) is 13.4 Å². The van der Waals surface area contributed by atoms with Crippen LogP contribution in [0.5, 0.6) is 5.75 Å². The Bertz CT molecular complexity index is 816. The van der Waals surface area contributed by atoms with E-state index in [9.17, 15) is 5.11 Å². The van der Waals surface area contributed by atoms with Crippen molar-refractivity contribution in [2.75, 3.05) is 7.11 Å². The topological polar surface area (TPSA) is 73.3 Å². The standard InChI is InChI=1S/C19H21N3O3/c1-24-16-10-6-14(7-11-16)22-19(13-4-8-15(23)9-5-13)20-18(21-22)17-3-2-12-25-17/h2-3,6-7,10-13,15,23H,4-5,8-9H2,1H3. The van der Waals surface area contributed by atoms with Crippen LogP contribution < -0.4 is 4.74 Å². The molecule has 0 amide bonds. The number of aromatic nitrogens is 3. The van der Waals surface area contributed by atoms with Crippen molar-refractivity contribution >= 4 is 0 Å². The average molecular weight is 339 g/mol. The van der Waals surface area contributed by atoms with Crippen LogP contribution in [-0.2, 0) is 0 Å². The molecule has 0 bridgehead atoms. The lowest BCUT2D eigenvalue weighted by Crippen LogP contribution is -2.19. The number of nitrogens with zero attached hydrogens (tertiary/aromatic N) is 3. The van der Waals surface area contributed by atoms with Gasteiger partial charge in [-0.05, 0) is 62.1 Å². The SMILES string of the molecule is COc1ccc(-n2nc(-c3ccco3)nc2C2CCC(O)CC2)cc1. The molecule has 1 N–H and O–H groups in total. The number of hydrogen-bond acceptors (Lipinski definition) is 5. The van der Waals surface area contributed by atoms with Crippen LogP contribution in [0, 0.1) is 0 Å². The minimum absolute atomic E-state index is 0.196. The maximum absolute atomic E-state index is 9.80. The second-order valence-corrected chi connectivity index (χ2v) is 6.39. The van der Waals surface area contributed by atoms with E-state index >= 15 is 0 Å². The summed E-state index contributed by atoms with van der Waals surface area (Å²) in [5.74, 6) is 3.24. The van der Waals surface area contributed by atoms with Crippen molar-refractivity contribution in [1.82, 2.24) is 14.8 Å². The Morgan fingerprint density at radius 3 is 2.52 bits per heavy atom. The summed E-state index contributed by atoms with van der Waals surface area (Å²) in [4.78, 5) is 4.77. The maximum atomic E-state index is 9.80. The minimum atomic E-state index is -0.196. The molecule has 2 aromatic heterocycles. The van der Waals surface area contributed by atoms with Crippen LogP contribution >= 0.6 is 0 Å². The number of rotatable bonds is 4. The molecule has 0 radical (unpaired) electrons. The fraction of sp³-hybridized carbons (Fsp3) is 0.368. The van der Waals surface area contributed by atoms with Crippen LogP contribution in [0.25, 0.3) is 17.3 Å². The number of benzene rings is 1. The average Bonchev–Trinajstić information content (AvgIpc) is 3.32. The zero-order valence-electron chi connectivity index (χ0n) is 14.1. The molecule has 1 fully saturated rings. The predicted molar refractivity (Wildman–Crippen MR) is 92.8 cm³/mol. The Morgan fingerprint density at radius 2 is 1.88 bits per heavy atom. The molecule has 0 unspecified atom stereocenters. The lowest BCUT2D eigenvalue weighted by Gasteiger charge is -2.24. The number of ether oxygens (including phenoxy) is 1. The van der Waals surface area contributed by atoms with Gasteiger partial charge in [0.05, 0.1) is 25.2 Å². The summed E-state index contributed by atoms with van der Waals surface area (Å²) in [7, 11) is 1.65. The van der Waals surface area contributed by atoms with Crippen LogP contribution in [0.4, 0.5) is 0 Å². The summed E-state index contributed by atoms with van der Waals surface area (Å²) >= 11 is 0. The Labute approximate surface area is 146 Å². The third-order valence-electron chi connectivity index (χ3n) is 4.75. The van der Waals surface area contributed by atoms with Crippen molar-refractivity contribution in [3.8, 4) is 23.0 Å². The number of aliphatic hydroxyl groups is 1. The van der Waals surface area contributed by atoms with Gasteiger partial charge >= 0.3 is 0 Å². The Kier molecular flexibility index (Phi) is 4.28. The van der Waals surface area contributed by atoms with E-state index in [2.05, 4.69) is 5.10 Å². The molecule has 6 heteroatoms. The Morgan fingerprint density at radius 1 is 1.12 bits per heavy atom. The third kappa shape index (κ3) is 3.17. The molecule has 0 aliphatic heterocycles. The molecule has 1 aliphatic carbocycles. The van der Waals surface area contributed by atoms with Crippen LogP contribution in [0.15, 0.2) is 47.1 Å². The Balaban J connectivity index is 1.74. The van der Waals surface area contributed by atoms with Gasteiger partial charge in [-0.25, -0.2) is 9.67 Å². The Hall–Kier alpha value is -2.60. The van der Waals surface area contributed by atoms with Gasteiger partial charge in [0.15, 0.2) is 5.76 Å². The van der Waals surface area contributed by atoms with Crippen molar-refractivity contribution in [1.29, 1.82) is 0 Å². The van der Waals surface area contributed by atoms with Crippen molar-refractivity contribution in [3.63, 3.8) is 0 Å². The first-order chi connectivity index (χ1) is 12.2. The molecule has 0 spiro atoms. The highest BCUT2D eigenvalue weighted by molar-refractivity contribution is 5.48. The molecule has 6 nitrogen and oxygen atoms in total. The zero-order valence-corrected chi connectivity index (χ0v) is 14.1. The third-order valence-corrected chi connectivity index (χ3v) is 4.75. The second kappa shape index (κ2) is 6.72. The maximum Gasteiger partial charge on any atom is 0.217 e. The molecule has 3 aromatic rings. The van der Waals surface area contributed by atoms with Crippen molar-refractivity contribution in [3.05, 3.63) is 48.5 Å². The molecular formula is C19H21N3O3. The van der Waals surface area contributed by atoms with Crippen molar-refractivity contribution in [2.24, 2.45) is 0 Å². The smallest absolute Gasteiger partial charge is 0.217 e. The second-order valence-electron chi connectivity index (χ2n) is 6.39. The predicted octanol–water partition coefficient (Wildman–Crippen LogP) is 3.55. The van der Waals surface area contributed by atoms with E-state index in [-0.39, 0.29) is 12.0 Å². The summed E-state index contributed by atoms with van der Waals surface area (Å²) in [6, 6.07) is 11.5. The van der Waals surface area contributed by atoms with Gasteiger partial charge in [0.2, 0.25) is 5.82 Å². The lowest BCUT2D eigenvalue weighted by atomic mass is 9.87. The summed E-state index contributed by atoms with van der Waals surface area (Å²) in [5.41, 5.74) is 0.937. The van der Waals surface area contributed by atoms with Crippen molar-refractivity contribution < 1.29 is 14.3 Å². The molecule has 1 saturated carbocycles. The summed E-state index contributed by atoms with van der Waals surface area (Å²) in [6.45, 7) is 0. The molecule has 4 rings (SSSR count). The highest BCUT2D eigenvalue weighted by Crippen LogP contribution is 2.34. The number of methoxy groups -OCH3 is 1.